The number of aromatic nitrogens is 4. The summed E-state index contributed by atoms with van der Waals surface area (Å²) in [6, 6.07) is 10.7. The van der Waals surface area contributed by atoms with Crippen molar-refractivity contribution in [2.45, 2.75) is 20.8 Å². The molecular weight excluding hydrogens is 340 g/mol. The number of aryl methyl sites for hydroxylation is 3. The van der Waals surface area contributed by atoms with Crippen LogP contribution in [0.25, 0.3) is 5.95 Å². The van der Waals surface area contributed by atoms with E-state index >= 15 is 0 Å². The molecule has 2 aromatic heterocycles. The number of carbonyl (C=O) groups is 1. The third-order valence-corrected chi connectivity index (χ3v) is 3.48. The van der Waals surface area contributed by atoms with Crippen molar-refractivity contribution in [1.82, 2.24) is 19.7 Å². The third kappa shape index (κ3) is 4.13. The molecule has 0 saturated carbocycles. The molecule has 1 amide bonds. The van der Waals surface area contributed by atoms with E-state index in [1.54, 1.807) is 28.9 Å². The number of hydrogen-bond acceptors (Lipinski definition) is 5. The minimum absolute atomic E-state index is 0. The Kier molecular flexibility index (Phi) is 5.38. The number of halogens is 1. The minimum Gasteiger partial charge on any atom is -0.366 e. The van der Waals surface area contributed by atoms with E-state index in [9.17, 15) is 4.79 Å². The second-order valence-corrected chi connectivity index (χ2v) is 5.60. The van der Waals surface area contributed by atoms with Crippen molar-refractivity contribution in [3.05, 3.63) is 59.0 Å². The molecular formula is C17H19ClN6O. The summed E-state index contributed by atoms with van der Waals surface area (Å²) in [4.78, 5) is 20.1. The molecule has 0 bridgehead atoms. The molecule has 25 heavy (non-hydrogen) atoms. The van der Waals surface area contributed by atoms with Gasteiger partial charge in [-0.2, -0.15) is 10.1 Å². The summed E-state index contributed by atoms with van der Waals surface area (Å²) in [6.07, 6.45) is 0. The van der Waals surface area contributed by atoms with E-state index in [2.05, 4.69) is 20.4 Å². The van der Waals surface area contributed by atoms with Gasteiger partial charge in [0.1, 0.15) is 5.82 Å². The van der Waals surface area contributed by atoms with E-state index in [-0.39, 0.29) is 12.4 Å². The smallest absolute Gasteiger partial charge is 0.252 e. The Morgan fingerprint density at radius 3 is 2.28 bits per heavy atom. The second-order valence-electron chi connectivity index (χ2n) is 5.60. The van der Waals surface area contributed by atoms with Crippen LogP contribution in [0.1, 0.15) is 27.4 Å². The number of hydrogen-bond donors (Lipinski definition) is 2. The fourth-order valence-electron chi connectivity index (χ4n) is 2.41. The molecule has 0 aliphatic carbocycles. The Hall–Kier alpha value is -2.93. The summed E-state index contributed by atoms with van der Waals surface area (Å²) < 4.78 is 1.71. The largest absolute Gasteiger partial charge is 0.366 e. The van der Waals surface area contributed by atoms with E-state index < -0.39 is 5.91 Å². The molecule has 3 N–H and O–H groups in total. The summed E-state index contributed by atoms with van der Waals surface area (Å²) >= 11 is 0. The molecule has 3 aromatic rings. The summed E-state index contributed by atoms with van der Waals surface area (Å²) in [5.41, 5.74) is 9.21. The molecule has 0 fully saturated rings. The number of carbonyl (C=O) groups excluding carboxylic acids is 1. The van der Waals surface area contributed by atoms with Gasteiger partial charge in [-0.15, -0.1) is 12.4 Å². The van der Waals surface area contributed by atoms with Gasteiger partial charge in [0.2, 0.25) is 5.91 Å². The SMILES string of the molecule is Cc1cc(Nc2ccc(C(N)=O)cc2)nc(-n2nc(C)cc2C)n1.Cl. The first-order valence-electron chi connectivity index (χ1n) is 7.48. The highest BCUT2D eigenvalue weighted by atomic mass is 35.5. The summed E-state index contributed by atoms with van der Waals surface area (Å²) in [6.45, 7) is 5.79. The topological polar surface area (TPSA) is 98.7 Å². The maximum absolute atomic E-state index is 11.1. The number of nitrogens with one attached hydrogen (secondary N) is 1. The zero-order chi connectivity index (χ0) is 17.3. The summed E-state index contributed by atoms with van der Waals surface area (Å²) in [7, 11) is 0. The standard InChI is InChI=1S/C17H18N6O.ClH/c1-10-9-15(20-14-6-4-13(5-7-14)16(18)24)21-17(19-10)23-12(3)8-11(2)22-23;/h4-9H,1-3H3,(H2,18,24)(H,19,20,21);1H. The van der Waals surface area contributed by atoms with Gasteiger partial charge in [0.15, 0.2) is 0 Å². The van der Waals surface area contributed by atoms with Gasteiger partial charge in [-0.25, -0.2) is 9.67 Å². The Labute approximate surface area is 151 Å². The predicted octanol–water partition coefficient (Wildman–Crippen LogP) is 2.85. The molecule has 0 unspecified atom stereocenters. The van der Waals surface area contributed by atoms with E-state index in [4.69, 9.17) is 5.73 Å². The van der Waals surface area contributed by atoms with Crippen molar-refractivity contribution in [3.8, 4) is 5.95 Å². The van der Waals surface area contributed by atoms with E-state index in [1.165, 1.54) is 0 Å². The Bertz CT molecular complexity index is 904. The Morgan fingerprint density at radius 2 is 1.72 bits per heavy atom. The van der Waals surface area contributed by atoms with Gasteiger partial charge < -0.3 is 11.1 Å². The second kappa shape index (κ2) is 7.31. The molecule has 3 rings (SSSR count). The molecule has 8 heteroatoms. The van der Waals surface area contributed by atoms with Crippen molar-refractivity contribution >= 4 is 29.8 Å². The van der Waals surface area contributed by atoms with Gasteiger partial charge >= 0.3 is 0 Å². The van der Waals surface area contributed by atoms with Crippen LogP contribution in [0.2, 0.25) is 0 Å². The van der Waals surface area contributed by atoms with Crippen LogP contribution in [-0.2, 0) is 0 Å². The fraction of sp³-hybridized carbons (Fsp3) is 0.176. The lowest BCUT2D eigenvalue weighted by Crippen LogP contribution is -2.10. The van der Waals surface area contributed by atoms with Crippen LogP contribution in [0.3, 0.4) is 0 Å². The molecule has 7 nitrogen and oxygen atoms in total. The number of primary amides is 1. The monoisotopic (exact) mass is 358 g/mol. The van der Waals surface area contributed by atoms with Crippen LogP contribution in [0, 0.1) is 20.8 Å². The van der Waals surface area contributed by atoms with Gasteiger partial charge in [-0.3, -0.25) is 4.79 Å². The minimum atomic E-state index is -0.453. The molecule has 0 radical (unpaired) electrons. The normalized spacial score (nSPS) is 10.2. The Morgan fingerprint density at radius 1 is 1.04 bits per heavy atom. The van der Waals surface area contributed by atoms with Gasteiger partial charge in [-0.1, -0.05) is 0 Å². The number of benzene rings is 1. The van der Waals surface area contributed by atoms with E-state index in [1.807, 2.05) is 32.9 Å². The predicted molar refractivity (Wildman–Crippen MR) is 98.9 cm³/mol. The first-order chi connectivity index (χ1) is 11.4. The highest BCUT2D eigenvalue weighted by molar-refractivity contribution is 5.93. The molecule has 1 aromatic carbocycles. The highest BCUT2D eigenvalue weighted by Crippen LogP contribution is 2.18. The molecule has 0 atom stereocenters. The van der Waals surface area contributed by atoms with Crippen LogP contribution in [0.4, 0.5) is 11.5 Å². The van der Waals surface area contributed by atoms with Crippen molar-refractivity contribution < 1.29 is 4.79 Å². The van der Waals surface area contributed by atoms with Crippen LogP contribution < -0.4 is 11.1 Å². The average molecular weight is 359 g/mol. The molecule has 2 heterocycles. The molecule has 130 valence electrons. The highest BCUT2D eigenvalue weighted by Gasteiger charge is 2.09. The van der Waals surface area contributed by atoms with Crippen molar-refractivity contribution in [1.29, 1.82) is 0 Å². The number of nitrogens with two attached hydrogens (primary N) is 1. The molecule has 0 aliphatic rings. The van der Waals surface area contributed by atoms with E-state index in [0.29, 0.717) is 17.3 Å². The Balaban J connectivity index is 0.00000225. The van der Waals surface area contributed by atoms with E-state index in [0.717, 1.165) is 22.8 Å². The van der Waals surface area contributed by atoms with Gasteiger partial charge in [0.25, 0.3) is 5.95 Å². The number of nitrogens with zero attached hydrogens (tertiary/aromatic N) is 4. The number of rotatable bonds is 4. The van der Waals surface area contributed by atoms with Crippen molar-refractivity contribution in [3.63, 3.8) is 0 Å². The summed E-state index contributed by atoms with van der Waals surface area (Å²) in [5, 5.41) is 7.62. The first kappa shape index (κ1) is 18.4. The van der Waals surface area contributed by atoms with Crippen molar-refractivity contribution in [2.24, 2.45) is 5.73 Å². The zero-order valence-corrected chi connectivity index (χ0v) is 15.0. The zero-order valence-electron chi connectivity index (χ0n) is 14.1. The third-order valence-electron chi connectivity index (χ3n) is 3.48. The van der Waals surface area contributed by atoms with Gasteiger partial charge in [-0.05, 0) is 51.1 Å². The van der Waals surface area contributed by atoms with Crippen LogP contribution >= 0.6 is 12.4 Å². The number of anilines is 2. The number of amides is 1. The van der Waals surface area contributed by atoms with Crippen LogP contribution in [0.5, 0.6) is 0 Å². The first-order valence-corrected chi connectivity index (χ1v) is 7.48. The van der Waals surface area contributed by atoms with Gasteiger partial charge in [0, 0.05) is 28.7 Å². The quantitative estimate of drug-likeness (QED) is 0.747. The van der Waals surface area contributed by atoms with Crippen molar-refractivity contribution in [2.75, 3.05) is 5.32 Å². The van der Waals surface area contributed by atoms with Crippen LogP contribution in [-0.4, -0.2) is 25.7 Å². The van der Waals surface area contributed by atoms with Crippen LogP contribution in [0.15, 0.2) is 36.4 Å². The average Bonchev–Trinajstić information content (AvgIpc) is 2.86. The maximum atomic E-state index is 11.1. The maximum Gasteiger partial charge on any atom is 0.252 e. The summed E-state index contributed by atoms with van der Waals surface area (Å²) in [5.74, 6) is 0.708. The molecule has 0 saturated heterocycles. The fourth-order valence-corrected chi connectivity index (χ4v) is 2.41. The van der Waals surface area contributed by atoms with Gasteiger partial charge in [0.05, 0.1) is 5.69 Å². The lowest BCUT2D eigenvalue weighted by Gasteiger charge is -2.09. The lowest BCUT2D eigenvalue weighted by molar-refractivity contribution is 0.100. The lowest BCUT2D eigenvalue weighted by atomic mass is 10.2. The molecule has 0 spiro atoms. The molecule has 0 aliphatic heterocycles.